The van der Waals surface area contributed by atoms with E-state index in [1.165, 1.54) is 0 Å². The van der Waals surface area contributed by atoms with Crippen LogP contribution < -0.4 is 4.74 Å². The van der Waals surface area contributed by atoms with Crippen molar-refractivity contribution in [1.82, 2.24) is 4.57 Å². The van der Waals surface area contributed by atoms with E-state index < -0.39 is 0 Å². The third kappa shape index (κ3) is 2.86. The van der Waals surface area contributed by atoms with Gasteiger partial charge >= 0.3 is 0 Å². The zero-order valence-electron chi connectivity index (χ0n) is 11.3. The van der Waals surface area contributed by atoms with E-state index in [0.717, 1.165) is 16.7 Å². The van der Waals surface area contributed by atoms with E-state index in [-0.39, 0.29) is 0 Å². The molecule has 0 amide bonds. The van der Waals surface area contributed by atoms with Gasteiger partial charge in [-0.05, 0) is 30.3 Å². The molecule has 1 heterocycles. The number of aromatic nitrogens is 1. The van der Waals surface area contributed by atoms with Gasteiger partial charge in [0.15, 0.2) is 0 Å². The predicted molar refractivity (Wildman–Crippen MR) is 83.6 cm³/mol. The molecule has 0 unspecified atom stereocenters. The maximum atomic E-state index is 9.17. The molecule has 3 aromatic rings. The van der Waals surface area contributed by atoms with Crippen molar-refractivity contribution in [2.45, 2.75) is 6.54 Å². The first-order chi connectivity index (χ1) is 10.3. The van der Waals surface area contributed by atoms with Gasteiger partial charge in [-0.2, -0.15) is 5.26 Å². The van der Waals surface area contributed by atoms with Crippen molar-refractivity contribution in [3.05, 3.63) is 65.3 Å². The van der Waals surface area contributed by atoms with E-state index in [4.69, 9.17) is 16.3 Å². The Morgan fingerprint density at radius 1 is 1.10 bits per heavy atom. The van der Waals surface area contributed by atoms with Gasteiger partial charge in [0.05, 0.1) is 12.1 Å². The Bertz CT molecular complexity index is 800. The zero-order chi connectivity index (χ0) is 14.7. The molecule has 0 N–H and O–H groups in total. The summed E-state index contributed by atoms with van der Waals surface area (Å²) in [6, 6.07) is 17.4. The Labute approximate surface area is 127 Å². The van der Waals surface area contributed by atoms with Crippen molar-refractivity contribution in [3.8, 4) is 11.8 Å². The van der Waals surface area contributed by atoms with Gasteiger partial charge in [-0.15, -0.1) is 0 Å². The lowest BCUT2D eigenvalue weighted by Gasteiger charge is -2.08. The largest absolute Gasteiger partial charge is 0.492 e. The van der Waals surface area contributed by atoms with Crippen LogP contribution in [0.1, 0.15) is 5.56 Å². The molecule has 4 heteroatoms. The number of benzene rings is 2. The molecule has 0 spiro atoms. The predicted octanol–water partition coefficient (Wildman–Crippen LogP) is 4.25. The van der Waals surface area contributed by atoms with Crippen LogP contribution >= 0.6 is 11.6 Å². The smallest absolute Gasteiger partial charge is 0.119 e. The molecule has 21 heavy (non-hydrogen) atoms. The molecule has 0 aliphatic heterocycles. The number of hydrogen-bond acceptors (Lipinski definition) is 2. The minimum Gasteiger partial charge on any atom is -0.492 e. The Morgan fingerprint density at radius 2 is 1.86 bits per heavy atom. The average molecular weight is 297 g/mol. The molecule has 1 aromatic heterocycles. The number of hydrogen-bond donors (Lipinski definition) is 0. The molecule has 0 saturated heterocycles. The quantitative estimate of drug-likeness (QED) is 0.722. The molecule has 3 nitrogen and oxygen atoms in total. The lowest BCUT2D eigenvalue weighted by molar-refractivity contribution is 0.300. The van der Waals surface area contributed by atoms with Gasteiger partial charge < -0.3 is 9.30 Å². The maximum Gasteiger partial charge on any atom is 0.119 e. The van der Waals surface area contributed by atoms with E-state index in [1.54, 1.807) is 12.1 Å². The molecule has 104 valence electrons. The third-order valence-corrected chi connectivity index (χ3v) is 3.58. The van der Waals surface area contributed by atoms with Gasteiger partial charge in [0.1, 0.15) is 18.4 Å². The van der Waals surface area contributed by atoms with Crippen LogP contribution in [0, 0.1) is 11.3 Å². The monoisotopic (exact) mass is 296 g/mol. The summed E-state index contributed by atoms with van der Waals surface area (Å²) >= 11 is 5.84. The van der Waals surface area contributed by atoms with Crippen LogP contribution in [0.2, 0.25) is 5.02 Å². The van der Waals surface area contributed by atoms with E-state index in [2.05, 4.69) is 6.07 Å². The first kappa shape index (κ1) is 13.5. The first-order valence-corrected chi connectivity index (χ1v) is 7.02. The Kier molecular flexibility index (Phi) is 3.81. The normalized spacial score (nSPS) is 10.5. The van der Waals surface area contributed by atoms with Crippen LogP contribution in [0.25, 0.3) is 10.9 Å². The van der Waals surface area contributed by atoms with Crippen molar-refractivity contribution in [3.63, 3.8) is 0 Å². The van der Waals surface area contributed by atoms with Gasteiger partial charge in [0, 0.05) is 22.1 Å². The van der Waals surface area contributed by atoms with Crippen LogP contribution in [-0.4, -0.2) is 11.2 Å². The van der Waals surface area contributed by atoms with Crippen molar-refractivity contribution in [1.29, 1.82) is 5.26 Å². The number of fused-ring (bicyclic) bond motifs is 1. The minimum atomic E-state index is 0.533. The Balaban J connectivity index is 1.74. The SMILES string of the molecule is N#Cc1cn(CCOc2ccc(Cl)cc2)c2ccccc12. The molecule has 0 saturated carbocycles. The molecule has 0 aliphatic rings. The second-order valence-corrected chi connectivity index (χ2v) is 5.10. The molecule has 0 atom stereocenters. The summed E-state index contributed by atoms with van der Waals surface area (Å²) < 4.78 is 7.74. The number of halogens is 1. The lowest BCUT2D eigenvalue weighted by atomic mass is 10.2. The highest BCUT2D eigenvalue weighted by molar-refractivity contribution is 6.30. The fourth-order valence-corrected chi connectivity index (χ4v) is 2.44. The number of nitrogens with zero attached hydrogens (tertiary/aromatic N) is 2. The molecule has 2 aromatic carbocycles. The van der Waals surface area contributed by atoms with E-state index in [1.807, 2.05) is 47.2 Å². The second kappa shape index (κ2) is 5.90. The summed E-state index contributed by atoms with van der Waals surface area (Å²) in [4.78, 5) is 0. The molecule has 0 aliphatic carbocycles. The van der Waals surface area contributed by atoms with Gasteiger partial charge in [-0.3, -0.25) is 0 Å². The zero-order valence-corrected chi connectivity index (χ0v) is 12.0. The summed E-state index contributed by atoms with van der Waals surface area (Å²) in [5.41, 5.74) is 1.74. The number of ether oxygens (including phenoxy) is 1. The van der Waals surface area contributed by atoms with Gasteiger partial charge in [0.2, 0.25) is 0 Å². The topological polar surface area (TPSA) is 38.0 Å². The molecular formula is C17H13ClN2O. The van der Waals surface area contributed by atoms with E-state index in [0.29, 0.717) is 23.7 Å². The number of rotatable bonds is 4. The average Bonchev–Trinajstić information content (AvgIpc) is 2.88. The summed E-state index contributed by atoms with van der Waals surface area (Å²) in [6.07, 6.45) is 1.87. The third-order valence-electron chi connectivity index (χ3n) is 3.32. The lowest BCUT2D eigenvalue weighted by Crippen LogP contribution is -2.07. The fraction of sp³-hybridized carbons (Fsp3) is 0.118. The van der Waals surface area contributed by atoms with Crippen LogP contribution in [0.4, 0.5) is 0 Å². The van der Waals surface area contributed by atoms with Gasteiger partial charge in [-0.25, -0.2) is 0 Å². The summed E-state index contributed by atoms with van der Waals surface area (Å²) in [6.45, 7) is 1.22. The van der Waals surface area contributed by atoms with Crippen LogP contribution in [0.15, 0.2) is 54.7 Å². The van der Waals surface area contributed by atoms with Crippen molar-refractivity contribution in [2.75, 3.05) is 6.61 Å². The number of nitriles is 1. The van der Waals surface area contributed by atoms with Gasteiger partial charge in [0.25, 0.3) is 0 Å². The molecule has 0 bridgehead atoms. The highest BCUT2D eigenvalue weighted by atomic mass is 35.5. The molecule has 0 fully saturated rings. The summed E-state index contributed by atoms with van der Waals surface area (Å²) in [5, 5.41) is 10.8. The van der Waals surface area contributed by atoms with Gasteiger partial charge in [-0.1, -0.05) is 29.8 Å². The highest BCUT2D eigenvalue weighted by Gasteiger charge is 2.07. The summed E-state index contributed by atoms with van der Waals surface area (Å²) in [5.74, 6) is 0.788. The van der Waals surface area contributed by atoms with Crippen molar-refractivity contribution >= 4 is 22.5 Å². The molecule has 3 rings (SSSR count). The maximum absolute atomic E-state index is 9.17. The Hall–Kier alpha value is -2.44. The fourth-order valence-electron chi connectivity index (χ4n) is 2.31. The van der Waals surface area contributed by atoms with Crippen LogP contribution in [0.3, 0.4) is 0 Å². The van der Waals surface area contributed by atoms with Crippen LogP contribution in [-0.2, 0) is 6.54 Å². The number of para-hydroxylation sites is 1. The summed E-state index contributed by atoms with van der Waals surface area (Å²) in [7, 11) is 0. The highest BCUT2D eigenvalue weighted by Crippen LogP contribution is 2.21. The van der Waals surface area contributed by atoms with E-state index in [9.17, 15) is 5.26 Å². The first-order valence-electron chi connectivity index (χ1n) is 6.64. The molecular weight excluding hydrogens is 284 g/mol. The Morgan fingerprint density at radius 3 is 2.62 bits per heavy atom. The molecule has 0 radical (unpaired) electrons. The minimum absolute atomic E-state index is 0.533. The second-order valence-electron chi connectivity index (χ2n) is 4.67. The van der Waals surface area contributed by atoms with Crippen molar-refractivity contribution < 1.29 is 4.74 Å². The van der Waals surface area contributed by atoms with Crippen molar-refractivity contribution in [2.24, 2.45) is 0 Å². The standard InChI is InChI=1S/C17H13ClN2O/c18-14-5-7-15(8-6-14)21-10-9-20-12-13(11-19)16-3-1-2-4-17(16)20/h1-8,12H,9-10H2. The van der Waals surface area contributed by atoms with E-state index >= 15 is 0 Å². The van der Waals surface area contributed by atoms with Crippen LogP contribution in [0.5, 0.6) is 5.75 Å².